The van der Waals surface area contributed by atoms with E-state index in [1.165, 1.54) is 0 Å². The average molecular weight is 226 g/mol. The Bertz CT molecular complexity index is 518. The zero-order valence-corrected chi connectivity index (χ0v) is 9.92. The SMILES string of the molecule is COc1ccccc1/N=C\c1ccc(C)cn1. The Morgan fingerprint density at radius 3 is 2.71 bits per heavy atom. The number of aromatic nitrogens is 1. The van der Waals surface area contributed by atoms with E-state index < -0.39 is 0 Å². The summed E-state index contributed by atoms with van der Waals surface area (Å²) in [6.07, 6.45) is 3.56. The van der Waals surface area contributed by atoms with Crippen molar-refractivity contribution in [1.82, 2.24) is 4.98 Å². The molecular formula is C14H14N2O. The molecule has 17 heavy (non-hydrogen) atoms. The summed E-state index contributed by atoms with van der Waals surface area (Å²) in [7, 11) is 1.64. The second-order valence-electron chi connectivity index (χ2n) is 3.69. The highest BCUT2D eigenvalue weighted by Gasteiger charge is 1.97. The third kappa shape index (κ3) is 2.91. The van der Waals surface area contributed by atoms with E-state index >= 15 is 0 Å². The van der Waals surface area contributed by atoms with Crippen molar-refractivity contribution in [2.75, 3.05) is 7.11 Å². The number of methoxy groups -OCH3 is 1. The van der Waals surface area contributed by atoms with Crippen molar-refractivity contribution in [1.29, 1.82) is 0 Å². The Labute approximate surface area is 101 Å². The van der Waals surface area contributed by atoms with Crippen LogP contribution in [0, 0.1) is 6.92 Å². The van der Waals surface area contributed by atoms with Gasteiger partial charge in [0.2, 0.25) is 0 Å². The topological polar surface area (TPSA) is 34.5 Å². The third-order valence-electron chi connectivity index (χ3n) is 2.36. The normalized spacial score (nSPS) is 10.7. The number of pyridine rings is 1. The molecule has 0 N–H and O–H groups in total. The Hall–Kier alpha value is -2.16. The van der Waals surface area contributed by atoms with Gasteiger partial charge in [0.1, 0.15) is 11.4 Å². The first-order valence-corrected chi connectivity index (χ1v) is 5.39. The van der Waals surface area contributed by atoms with Crippen molar-refractivity contribution in [3.8, 4) is 5.75 Å². The molecule has 0 saturated heterocycles. The van der Waals surface area contributed by atoms with E-state index in [2.05, 4.69) is 9.98 Å². The minimum Gasteiger partial charge on any atom is -0.494 e. The van der Waals surface area contributed by atoms with Crippen LogP contribution in [-0.4, -0.2) is 18.3 Å². The van der Waals surface area contributed by atoms with Crippen LogP contribution < -0.4 is 4.74 Å². The van der Waals surface area contributed by atoms with Gasteiger partial charge in [-0.1, -0.05) is 18.2 Å². The van der Waals surface area contributed by atoms with Gasteiger partial charge in [0, 0.05) is 6.20 Å². The van der Waals surface area contributed by atoms with Gasteiger partial charge in [-0.3, -0.25) is 9.98 Å². The fraction of sp³-hybridized carbons (Fsp3) is 0.143. The third-order valence-corrected chi connectivity index (χ3v) is 2.36. The highest BCUT2D eigenvalue weighted by atomic mass is 16.5. The predicted molar refractivity (Wildman–Crippen MR) is 69.2 cm³/mol. The Morgan fingerprint density at radius 1 is 1.18 bits per heavy atom. The maximum Gasteiger partial charge on any atom is 0.144 e. The van der Waals surface area contributed by atoms with Crippen molar-refractivity contribution < 1.29 is 4.74 Å². The van der Waals surface area contributed by atoms with Crippen LogP contribution in [0.3, 0.4) is 0 Å². The van der Waals surface area contributed by atoms with Crippen LogP contribution in [0.2, 0.25) is 0 Å². The van der Waals surface area contributed by atoms with E-state index in [1.807, 2.05) is 49.5 Å². The fourth-order valence-electron chi connectivity index (χ4n) is 1.43. The minimum absolute atomic E-state index is 0.760. The Kier molecular flexibility index (Phi) is 3.50. The number of aliphatic imine (C=N–C) groups is 1. The largest absolute Gasteiger partial charge is 0.494 e. The molecule has 0 fully saturated rings. The molecule has 0 bridgehead atoms. The van der Waals surface area contributed by atoms with Crippen molar-refractivity contribution in [3.63, 3.8) is 0 Å². The lowest BCUT2D eigenvalue weighted by molar-refractivity contribution is 0.416. The van der Waals surface area contributed by atoms with Gasteiger partial charge in [-0.2, -0.15) is 0 Å². The number of benzene rings is 1. The molecule has 0 aliphatic rings. The van der Waals surface area contributed by atoms with E-state index in [0.29, 0.717) is 0 Å². The number of ether oxygens (including phenoxy) is 1. The standard InChI is InChI=1S/C14H14N2O/c1-11-7-8-12(15-9-11)10-16-13-5-3-4-6-14(13)17-2/h3-10H,1-2H3/b16-10-. The van der Waals surface area contributed by atoms with Gasteiger partial charge < -0.3 is 4.74 Å². The zero-order chi connectivity index (χ0) is 12.1. The molecular weight excluding hydrogens is 212 g/mol. The summed E-state index contributed by atoms with van der Waals surface area (Å²) in [5.41, 5.74) is 2.78. The fourth-order valence-corrected chi connectivity index (χ4v) is 1.43. The van der Waals surface area contributed by atoms with Gasteiger partial charge in [-0.15, -0.1) is 0 Å². The molecule has 0 saturated carbocycles. The van der Waals surface area contributed by atoms with E-state index in [4.69, 9.17) is 4.74 Å². The monoisotopic (exact) mass is 226 g/mol. The Balaban J connectivity index is 2.22. The summed E-state index contributed by atoms with van der Waals surface area (Å²) in [6.45, 7) is 2.01. The molecule has 0 aliphatic carbocycles. The number of rotatable bonds is 3. The van der Waals surface area contributed by atoms with Crippen molar-refractivity contribution in [3.05, 3.63) is 53.9 Å². The van der Waals surface area contributed by atoms with Crippen molar-refractivity contribution in [2.45, 2.75) is 6.92 Å². The quantitative estimate of drug-likeness (QED) is 0.753. The lowest BCUT2D eigenvalue weighted by Gasteiger charge is -2.02. The molecule has 0 aliphatic heterocycles. The first-order valence-electron chi connectivity index (χ1n) is 5.39. The van der Waals surface area contributed by atoms with Crippen LogP contribution in [0.5, 0.6) is 5.75 Å². The first-order chi connectivity index (χ1) is 8.29. The lowest BCUT2D eigenvalue weighted by Crippen LogP contribution is -1.87. The summed E-state index contributed by atoms with van der Waals surface area (Å²) in [4.78, 5) is 8.62. The number of para-hydroxylation sites is 2. The van der Waals surface area contributed by atoms with Crippen LogP contribution in [0.25, 0.3) is 0 Å². The molecule has 2 aromatic rings. The molecule has 0 radical (unpaired) electrons. The average Bonchev–Trinajstić information content (AvgIpc) is 2.38. The lowest BCUT2D eigenvalue weighted by atomic mass is 10.3. The minimum atomic E-state index is 0.760. The van der Waals surface area contributed by atoms with Crippen LogP contribution in [0.15, 0.2) is 47.6 Å². The van der Waals surface area contributed by atoms with E-state index in [-0.39, 0.29) is 0 Å². The molecule has 86 valence electrons. The molecule has 2 rings (SSSR count). The van der Waals surface area contributed by atoms with E-state index in [9.17, 15) is 0 Å². The summed E-state index contributed by atoms with van der Waals surface area (Å²) < 4.78 is 5.22. The van der Waals surface area contributed by atoms with Crippen LogP contribution in [0.1, 0.15) is 11.3 Å². The molecule has 1 heterocycles. The molecule has 1 aromatic heterocycles. The second-order valence-corrected chi connectivity index (χ2v) is 3.69. The second kappa shape index (κ2) is 5.25. The highest BCUT2D eigenvalue weighted by Crippen LogP contribution is 2.25. The number of hydrogen-bond acceptors (Lipinski definition) is 3. The summed E-state index contributed by atoms with van der Waals surface area (Å²) in [6, 6.07) is 11.6. The molecule has 3 nitrogen and oxygen atoms in total. The summed E-state index contributed by atoms with van der Waals surface area (Å²) in [5.74, 6) is 0.760. The van der Waals surface area contributed by atoms with Crippen LogP contribution >= 0.6 is 0 Å². The highest BCUT2D eigenvalue weighted by molar-refractivity contribution is 5.80. The number of hydrogen-bond donors (Lipinski definition) is 0. The van der Waals surface area contributed by atoms with E-state index in [0.717, 1.165) is 22.7 Å². The van der Waals surface area contributed by atoms with Crippen molar-refractivity contribution in [2.24, 2.45) is 4.99 Å². The number of nitrogens with zero attached hydrogens (tertiary/aromatic N) is 2. The smallest absolute Gasteiger partial charge is 0.144 e. The van der Waals surface area contributed by atoms with Crippen molar-refractivity contribution >= 4 is 11.9 Å². The molecule has 0 amide bonds. The molecule has 3 heteroatoms. The van der Waals surface area contributed by atoms with E-state index in [1.54, 1.807) is 13.3 Å². The van der Waals surface area contributed by atoms with Gasteiger partial charge in [-0.25, -0.2) is 0 Å². The Morgan fingerprint density at radius 2 is 2.00 bits per heavy atom. The molecule has 0 spiro atoms. The van der Waals surface area contributed by atoms with Crippen LogP contribution in [0.4, 0.5) is 5.69 Å². The van der Waals surface area contributed by atoms with Gasteiger partial charge in [0.25, 0.3) is 0 Å². The van der Waals surface area contributed by atoms with Gasteiger partial charge in [0.15, 0.2) is 0 Å². The molecule has 0 unspecified atom stereocenters. The first kappa shape index (κ1) is 11.3. The van der Waals surface area contributed by atoms with Gasteiger partial charge >= 0.3 is 0 Å². The van der Waals surface area contributed by atoms with Crippen LogP contribution in [-0.2, 0) is 0 Å². The maximum atomic E-state index is 5.22. The van der Waals surface area contributed by atoms with Gasteiger partial charge in [-0.05, 0) is 30.7 Å². The van der Waals surface area contributed by atoms with Gasteiger partial charge in [0.05, 0.1) is 19.0 Å². The number of aryl methyl sites for hydroxylation is 1. The maximum absolute atomic E-state index is 5.22. The zero-order valence-electron chi connectivity index (χ0n) is 9.92. The predicted octanol–water partition coefficient (Wildman–Crippen LogP) is 3.15. The summed E-state index contributed by atoms with van der Waals surface area (Å²) >= 11 is 0. The molecule has 0 atom stereocenters. The molecule has 1 aromatic carbocycles. The summed E-state index contributed by atoms with van der Waals surface area (Å²) in [5, 5.41) is 0.